The monoisotopic (exact) mass is 428 g/mol. The Morgan fingerprint density at radius 2 is 1.63 bits per heavy atom. The molecule has 1 amide bonds. The van der Waals surface area contributed by atoms with Crippen LogP contribution in [0.3, 0.4) is 0 Å². The molecule has 1 saturated heterocycles. The van der Waals surface area contributed by atoms with Crippen molar-refractivity contribution in [2.45, 2.75) is 58.4 Å². The summed E-state index contributed by atoms with van der Waals surface area (Å²) in [5.41, 5.74) is 4.56. The summed E-state index contributed by atoms with van der Waals surface area (Å²) in [6.07, 6.45) is 1.73. The van der Waals surface area contributed by atoms with Crippen LogP contribution in [-0.4, -0.2) is 31.7 Å². The van der Waals surface area contributed by atoms with E-state index in [-0.39, 0.29) is 16.8 Å². The molecule has 1 N–H and O–H groups in total. The van der Waals surface area contributed by atoms with Gasteiger partial charge in [-0.3, -0.25) is 4.79 Å². The fourth-order valence-electron chi connectivity index (χ4n) is 3.77. The normalized spacial score (nSPS) is 17.0. The van der Waals surface area contributed by atoms with Crippen LogP contribution in [0.15, 0.2) is 41.3 Å². The molecule has 0 saturated carbocycles. The van der Waals surface area contributed by atoms with Crippen molar-refractivity contribution >= 4 is 15.9 Å². The molecule has 1 fully saturated rings. The average molecular weight is 429 g/mol. The lowest BCUT2D eigenvalue weighted by Gasteiger charge is -2.29. The van der Waals surface area contributed by atoms with Crippen LogP contribution in [0.25, 0.3) is 0 Å². The number of carbonyl (C=O) groups is 1. The largest absolute Gasteiger partial charge is 0.346 e. The lowest BCUT2D eigenvalue weighted by Crippen LogP contribution is -2.38. The Balaban J connectivity index is 1.82. The Hall–Kier alpha value is -2.18. The van der Waals surface area contributed by atoms with Crippen molar-refractivity contribution in [3.8, 4) is 0 Å². The number of amides is 1. The molecule has 162 valence electrons. The first-order valence-electron chi connectivity index (χ1n) is 10.6. The molecule has 0 aromatic heterocycles. The van der Waals surface area contributed by atoms with Crippen LogP contribution in [0, 0.1) is 26.7 Å². The first-order chi connectivity index (χ1) is 14.1. The molecule has 30 heavy (non-hydrogen) atoms. The molecule has 1 aliphatic rings. The molecule has 0 spiro atoms. The van der Waals surface area contributed by atoms with E-state index < -0.39 is 10.0 Å². The second kappa shape index (κ2) is 8.90. The van der Waals surface area contributed by atoms with Crippen molar-refractivity contribution in [2.24, 2.45) is 5.92 Å². The number of aryl methyl sites for hydroxylation is 3. The zero-order valence-corrected chi connectivity index (χ0v) is 19.3. The van der Waals surface area contributed by atoms with Gasteiger partial charge in [-0.1, -0.05) is 31.2 Å². The van der Waals surface area contributed by atoms with E-state index in [4.69, 9.17) is 0 Å². The minimum Gasteiger partial charge on any atom is -0.346 e. The van der Waals surface area contributed by atoms with Gasteiger partial charge in [0.05, 0.1) is 10.9 Å². The topological polar surface area (TPSA) is 66.5 Å². The maximum absolute atomic E-state index is 13.1. The summed E-state index contributed by atoms with van der Waals surface area (Å²) in [5, 5.41) is 3.02. The van der Waals surface area contributed by atoms with Crippen LogP contribution >= 0.6 is 0 Å². The smallest absolute Gasteiger partial charge is 0.252 e. The highest BCUT2D eigenvalue weighted by molar-refractivity contribution is 7.89. The maximum atomic E-state index is 13.1. The van der Waals surface area contributed by atoms with E-state index in [1.54, 1.807) is 12.1 Å². The molecule has 2 aromatic carbocycles. The van der Waals surface area contributed by atoms with Gasteiger partial charge in [-0.15, -0.1) is 0 Å². The van der Waals surface area contributed by atoms with E-state index in [0.717, 1.165) is 24.0 Å². The molecule has 1 aliphatic heterocycles. The maximum Gasteiger partial charge on any atom is 0.252 e. The summed E-state index contributed by atoms with van der Waals surface area (Å²) in [5.74, 6) is 0.283. The van der Waals surface area contributed by atoms with E-state index in [9.17, 15) is 13.2 Å². The van der Waals surface area contributed by atoms with Crippen molar-refractivity contribution in [1.82, 2.24) is 9.62 Å². The van der Waals surface area contributed by atoms with Gasteiger partial charge in [0.15, 0.2) is 0 Å². The molecule has 0 aliphatic carbocycles. The van der Waals surface area contributed by atoms with Gasteiger partial charge in [0.2, 0.25) is 10.0 Å². The van der Waals surface area contributed by atoms with Gasteiger partial charge in [-0.25, -0.2) is 8.42 Å². The molecular weight excluding hydrogens is 396 g/mol. The quantitative estimate of drug-likeness (QED) is 0.761. The molecule has 3 rings (SSSR count). The number of piperidine rings is 1. The van der Waals surface area contributed by atoms with Gasteiger partial charge >= 0.3 is 0 Å². The summed E-state index contributed by atoms with van der Waals surface area (Å²) in [6.45, 7) is 11.1. The summed E-state index contributed by atoms with van der Waals surface area (Å²) in [7, 11) is -3.60. The fourth-order valence-corrected chi connectivity index (χ4v) is 5.27. The predicted octanol–water partition coefficient (Wildman–Crippen LogP) is 4.52. The Kier molecular flexibility index (Phi) is 6.68. The van der Waals surface area contributed by atoms with Crippen molar-refractivity contribution in [2.75, 3.05) is 13.1 Å². The first kappa shape index (κ1) is 22.5. The SMILES string of the molecule is Cc1ccc([C@H](C)NC(=O)c2cc(S(=O)(=O)N3CCC(C)CC3)ccc2C)cc1C. The third kappa shape index (κ3) is 4.76. The zero-order chi connectivity index (χ0) is 22.1. The summed E-state index contributed by atoms with van der Waals surface area (Å²) < 4.78 is 27.7. The van der Waals surface area contributed by atoms with E-state index in [1.807, 2.05) is 32.9 Å². The zero-order valence-electron chi connectivity index (χ0n) is 18.5. The number of hydrogen-bond donors (Lipinski definition) is 1. The summed E-state index contributed by atoms with van der Waals surface area (Å²) in [4.78, 5) is 13.2. The number of hydrogen-bond acceptors (Lipinski definition) is 3. The molecule has 6 heteroatoms. The molecule has 1 atom stereocenters. The molecule has 0 unspecified atom stereocenters. The molecule has 2 aromatic rings. The second-order valence-corrected chi connectivity index (χ2v) is 10.5. The number of carbonyl (C=O) groups excluding carboxylic acids is 1. The number of nitrogens with one attached hydrogen (secondary N) is 1. The van der Waals surface area contributed by atoms with Crippen molar-refractivity contribution < 1.29 is 13.2 Å². The highest BCUT2D eigenvalue weighted by Gasteiger charge is 2.29. The van der Waals surface area contributed by atoms with E-state index in [2.05, 4.69) is 25.2 Å². The fraction of sp³-hybridized carbons (Fsp3) is 0.458. The lowest BCUT2D eigenvalue weighted by atomic mass is 10.0. The second-order valence-electron chi connectivity index (χ2n) is 8.60. The highest BCUT2D eigenvalue weighted by atomic mass is 32.2. The van der Waals surface area contributed by atoms with E-state index >= 15 is 0 Å². The Bertz CT molecular complexity index is 1040. The number of nitrogens with zero attached hydrogens (tertiary/aromatic N) is 1. The first-order valence-corrected chi connectivity index (χ1v) is 12.0. The van der Waals surface area contributed by atoms with Crippen LogP contribution in [-0.2, 0) is 10.0 Å². The number of rotatable bonds is 5. The van der Waals surface area contributed by atoms with Gasteiger partial charge in [-0.05, 0) is 80.8 Å². The molecule has 1 heterocycles. The van der Waals surface area contributed by atoms with Gasteiger partial charge in [0.1, 0.15) is 0 Å². The molecule has 0 radical (unpaired) electrons. The Morgan fingerprint density at radius 1 is 1.00 bits per heavy atom. The van der Waals surface area contributed by atoms with Gasteiger partial charge in [0, 0.05) is 18.7 Å². The Labute approximate surface area is 180 Å². The summed E-state index contributed by atoms with van der Waals surface area (Å²) in [6, 6.07) is 10.8. The van der Waals surface area contributed by atoms with Crippen LogP contribution in [0.2, 0.25) is 0 Å². The third-order valence-corrected chi connectivity index (χ3v) is 8.11. The third-order valence-electron chi connectivity index (χ3n) is 6.21. The summed E-state index contributed by atoms with van der Waals surface area (Å²) >= 11 is 0. The molecule has 0 bridgehead atoms. The van der Waals surface area contributed by atoms with Crippen LogP contribution in [0.1, 0.15) is 65.3 Å². The van der Waals surface area contributed by atoms with Gasteiger partial charge in [-0.2, -0.15) is 4.31 Å². The average Bonchev–Trinajstić information content (AvgIpc) is 2.70. The van der Waals surface area contributed by atoms with Crippen LogP contribution in [0.4, 0.5) is 0 Å². The van der Waals surface area contributed by atoms with E-state index in [1.165, 1.54) is 21.5 Å². The number of benzene rings is 2. The van der Waals surface area contributed by atoms with Gasteiger partial charge in [0.25, 0.3) is 5.91 Å². The minimum atomic E-state index is -3.60. The van der Waals surface area contributed by atoms with Crippen molar-refractivity contribution in [3.05, 3.63) is 64.2 Å². The Morgan fingerprint density at radius 3 is 2.27 bits per heavy atom. The predicted molar refractivity (Wildman–Crippen MR) is 120 cm³/mol. The van der Waals surface area contributed by atoms with Gasteiger partial charge < -0.3 is 5.32 Å². The van der Waals surface area contributed by atoms with Crippen molar-refractivity contribution in [3.63, 3.8) is 0 Å². The van der Waals surface area contributed by atoms with E-state index in [0.29, 0.717) is 24.6 Å². The molecule has 5 nitrogen and oxygen atoms in total. The number of sulfonamides is 1. The minimum absolute atomic E-state index is 0.181. The highest BCUT2D eigenvalue weighted by Crippen LogP contribution is 2.25. The van der Waals surface area contributed by atoms with Crippen molar-refractivity contribution in [1.29, 1.82) is 0 Å². The van der Waals surface area contributed by atoms with Crippen LogP contribution < -0.4 is 5.32 Å². The standard InChI is InChI=1S/C24H32N2O3S/c1-16-10-12-26(13-11-16)30(28,29)22-9-7-18(3)23(15-22)24(27)25-20(5)21-8-6-17(2)19(4)14-21/h6-9,14-16,20H,10-13H2,1-5H3,(H,25,27)/t20-/m0/s1. The molecular formula is C24H32N2O3S. The van der Waals surface area contributed by atoms with Crippen LogP contribution in [0.5, 0.6) is 0 Å². The lowest BCUT2D eigenvalue weighted by molar-refractivity contribution is 0.0939.